The van der Waals surface area contributed by atoms with Crippen molar-refractivity contribution in [3.63, 3.8) is 0 Å². The van der Waals surface area contributed by atoms with Gasteiger partial charge in [-0.25, -0.2) is 0 Å². The summed E-state index contributed by atoms with van der Waals surface area (Å²) in [7, 11) is 0. The number of carbonyl (C=O) groups is 1. The van der Waals surface area contributed by atoms with Gasteiger partial charge in [-0.15, -0.1) is 0 Å². The molecule has 3 nitrogen and oxygen atoms in total. The first-order valence-corrected chi connectivity index (χ1v) is 6.72. The van der Waals surface area contributed by atoms with Gasteiger partial charge in [-0.2, -0.15) is 11.8 Å². The highest BCUT2D eigenvalue weighted by Gasteiger charge is 2.18. The zero-order valence-electron chi connectivity index (χ0n) is 10.7. The highest BCUT2D eigenvalue weighted by atomic mass is 32.2. The molecule has 0 heterocycles. The lowest BCUT2D eigenvalue weighted by molar-refractivity contribution is 0.0949. The van der Waals surface area contributed by atoms with E-state index in [2.05, 4.69) is 19.2 Å². The molecule has 0 fully saturated rings. The van der Waals surface area contributed by atoms with Gasteiger partial charge in [0.05, 0.1) is 0 Å². The van der Waals surface area contributed by atoms with Crippen LogP contribution in [0.5, 0.6) is 5.75 Å². The highest BCUT2D eigenvalue weighted by molar-refractivity contribution is 7.99. The van der Waals surface area contributed by atoms with E-state index < -0.39 is 0 Å². The van der Waals surface area contributed by atoms with Crippen LogP contribution < -0.4 is 5.32 Å². The van der Waals surface area contributed by atoms with Gasteiger partial charge in [0.2, 0.25) is 0 Å². The van der Waals surface area contributed by atoms with Crippen LogP contribution >= 0.6 is 11.8 Å². The number of hydrogen-bond acceptors (Lipinski definition) is 3. The van der Waals surface area contributed by atoms with Crippen LogP contribution in [0.1, 0.15) is 29.8 Å². The summed E-state index contributed by atoms with van der Waals surface area (Å²) in [5.74, 6) is 0.0160. The van der Waals surface area contributed by atoms with E-state index >= 15 is 0 Å². The van der Waals surface area contributed by atoms with Crippen molar-refractivity contribution in [1.29, 1.82) is 0 Å². The minimum Gasteiger partial charge on any atom is -0.508 e. The first-order chi connectivity index (χ1) is 7.87. The Morgan fingerprint density at radius 1 is 1.47 bits per heavy atom. The number of nitrogens with one attached hydrogen (secondary N) is 1. The molecule has 0 aliphatic heterocycles. The second kappa shape index (κ2) is 5.45. The fourth-order valence-corrected chi connectivity index (χ4v) is 1.55. The Kier molecular flexibility index (Phi) is 4.46. The summed E-state index contributed by atoms with van der Waals surface area (Å²) in [5, 5.41) is 12.4. The summed E-state index contributed by atoms with van der Waals surface area (Å²) in [4.78, 5) is 11.9. The molecule has 0 saturated carbocycles. The second-order valence-electron chi connectivity index (χ2n) is 4.60. The number of rotatable bonds is 4. The summed E-state index contributed by atoms with van der Waals surface area (Å²) >= 11 is 1.71. The normalized spacial score (nSPS) is 11.3. The van der Waals surface area contributed by atoms with Gasteiger partial charge in [0.25, 0.3) is 5.91 Å². The summed E-state index contributed by atoms with van der Waals surface area (Å²) in [6.45, 7) is 6.49. The second-order valence-corrected chi connectivity index (χ2v) is 6.11. The van der Waals surface area contributed by atoms with Gasteiger partial charge in [-0.05, 0) is 39.2 Å². The lowest BCUT2D eigenvalue weighted by Gasteiger charge is -2.22. The SMILES string of the molecule is CSC(C)(C)CNC(=O)c1cccc(O)c1C. The first kappa shape index (κ1) is 13.9. The number of benzene rings is 1. The van der Waals surface area contributed by atoms with Crippen LogP contribution in [0.3, 0.4) is 0 Å². The Balaban J connectivity index is 2.74. The van der Waals surface area contributed by atoms with Crippen LogP contribution in [0.2, 0.25) is 0 Å². The lowest BCUT2D eigenvalue weighted by atomic mass is 10.1. The van der Waals surface area contributed by atoms with Gasteiger partial charge in [0, 0.05) is 22.4 Å². The Bertz CT molecular complexity index is 416. The predicted molar refractivity (Wildman–Crippen MR) is 72.8 cm³/mol. The Morgan fingerprint density at radius 2 is 2.12 bits per heavy atom. The third-order valence-electron chi connectivity index (χ3n) is 2.78. The van der Waals surface area contributed by atoms with Crippen molar-refractivity contribution in [3.05, 3.63) is 29.3 Å². The minimum atomic E-state index is -0.138. The molecule has 0 bridgehead atoms. The maximum Gasteiger partial charge on any atom is 0.251 e. The quantitative estimate of drug-likeness (QED) is 0.867. The largest absolute Gasteiger partial charge is 0.508 e. The van der Waals surface area contributed by atoms with Gasteiger partial charge in [0.15, 0.2) is 0 Å². The van der Waals surface area contributed by atoms with Gasteiger partial charge >= 0.3 is 0 Å². The van der Waals surface area contributed by atoms with E-state index in [0.717, 1.165) is 0 Å². The van der Waals surface area contributed by atoms with Crippen LogP contribution in [0.25, 0.3) is 0 Å². The van der Waals surface area contributed by atoms with Crippen molar-refractivity contribution in [2.24, 2.45) is 0 Å². The van der Waals surface area contributed by atoms with Gasteiger partial charge in [-0.1, -0.05) is 6.07 Å². The summed E-state index contributed by atoms with van der Waals surface area (Å²) < 4.78 is 0.0143. The van der Waals surface area contributed by atoms with E-state index in [1.54, 1.807) is 36.9 Å². The van der Waals surface area contributed by atoms with Gasteiger partial charge in [-0.3, -0.25) is 4.79 Å². The third kappa shape index (κ3) is 3.66. The molecule has 0 unspecified atom stereocenters. The van der Waals surface area contributed by atoms with Crippen LogP contribution in [-0.4, -0.2) is 28.6 Å². The maximum atomic E-state index is 11.9. The van der Waals surface area contributed by atoms with Crippen molar-refractivity contribution >= 4 is 17.7 Å². The molecule has 0 saturated heterocycles. The standard InChI is InChI=1S/C13H19NO2S/c1-9-10(6-5-7-11(9)15)12(16)14-8-13(2,3)17-4/h5-7,15H,8H2,1-4H3,(H,14,16). The molecule has 1 amide bonds. The number of aromatic hydroxyl groups is 1. The number of phenolic OH excluding ortho intramolecular Hbond substituents is 1. The van der Waals surface area contributed by atoms with E-state index in [1.165, 1.54) is 0 Å². The Hall–Kier alpha value is -1.16. The predicted octanol–water partition coefficient (Wildman–Crippen LogP) is 2.57. The molecule has 1 aromatic rings. The molecule has 94 valence electrons. The molecule has 0 aliphatic carbocycles. The summed E-state index contributed by atoms with van der Waals surface area (Å²) in [6, 6.07) is 4.98. The van der Waals surface area contributed by atoms with Gasteiger partial charge < -0.3 is 10.4 Å². The molecule has 0 atom stereocenters. The molecule has 0 aliphatic rings. The van der Waals surface area contributed by atoms with E-state index in [9.17, 15) is 9.90 Å². The van der Waals surface area contributed by atoms with Crippen molar-refractivity contribution in [3.8, 4) is 5.75 Å². The molecule has 17 heavy (non-hydrogen) atoms. The summed E-state index contributed by atoms with van der Waals surface area (Å²) in [5.41, 5.74) is 1.15. The average molecular weight is 253 g/mol. The number of amides is 1. The van der Waals surface area contributed by atoms with Crippen LogP contribution in [0, 0.1) is 6.92 Å². The molecule has 1 aromatic carbocycles. The van der Waals surface area contributed by atoms with E-state index in [-0.39, 0.29) is 16.4 Å². The topological polar surface area (TPSA) is 49.3 Å². The maximum absolute atomic E-state index is 11.9. The van der Waals surface area contributed by atoms with Gasteiger partial charge in [0.1, 0.15) is 5.75 Å². The molecule has 0 radical (unpaired) electrons. The van der Waals surface area contributed by atoms with Crippen molar-refractivity contribution in [2.45, 2.75) is 25.5 Å². The lowest BCUT2D eigenvalue weighted by Crippen LogP contribution is -2.36. The van der Waals surface area contributed by atoms with Crippen LogP contribution in [0.15, 0.2) is 18.2 Å². The van der Waals surface area contributed by atoms with Crippen molar-refractivity contribution in [1.82, 2.24) is 5.32 Å². The molecular weight excluding hydrogens is 234 g/mol. The molecule has 0 aromatic heterocycles. The Labute approximate surface area is 107 Å². The van der Waals surface area contributed by atoms with Crippen molar-refractivity contribution in [2.75, 3.05) is 12.8 Å². The molecular formula is C13H19NO2S. The number of phenols is 1. The summed E-state index contributed by atoms with van der Waals surface area (Å²) in [6.07, 6.45) is 2.02. The smallest absolute Gasteiger partial charge is 0.251 e. The van der Waals surface area contributed by atoms with Crippen LogP contribution in [0.4, 0.5) is 0 Å². The van der Waals surface area contributed by atoms with E-state index in [0.29, 0.717) is 17.7 Å². The molecule has 4 heteroatoms. The monoisotopic (exact) mass is 253 g/mol. The zero-order valence-corrected chi connectivity index (χ0v) is 11.5. The molecule has 1 rings (SSSR count). The fraction of sp³-hybridized carbons (Fsp3) is 0.462. The third-order valence-corrected chi connectivity index (χ3v) is 4.03. The fourth-order valence-electron chi connectivity index (χ4n) is 1.33. The molecule has 0 spiro atoms. The first-order valence-electron chi connectivity index (χ1n) is 5.49. The van der Waals surface area contributed by atoms with E-state index in [1.807, 2.05) is 6.26 Å². The molecule has 2 N–H and O–H groups in total. The van der Waals surface area contributed by atoms with E-state index in [4.69, 9.17) is 0 Å². The van der Waals surface area contributed by atoms with Crippen molar-refractivity contribution < 1.29 is 9.90 Å². The van der Waals surface area contributed by atoms with Crippen LogP contribution in [-0.2, 0) is 0 Å². The Morgan fingerprint density at radius 3 is 2.71 bits per heavy atom. The minimum absolute atomic E-state index is 0.0143. The number of thioether (sulfide) groups is 1. The number of hydrogen-bond donors (Lipinski definition) is 2. The average Bonchev–Trinajstić information content (AvgIpc) is 2.30. The number of carbonyl (C=O) groups excluding carboxylic acids is 1. The zero-order chi connectivity index (χ0) is 13.1. The highest BCUT2D eigenvalue weighted by Crippen LogP contribution is 2.21.